The lowest BCUT2D eigenvalue weighted by Gasteiger charge is -2.14. The SMILES string of the molecule is CCOC(=O)C(C(=O)OCC)C1=CC(=O)OC1. The van der Waals surface area contributed by atoms with E-state index in [0.717, 1.165) is 6.08 Å². The van der Waals surface area contributed by atoms with Gasteiger partial charge in [-0.2, -0.15) is 0 Å². The third-order valence-corrected chi connectivity index (χ3v) is 2.10. The Morgan fingerprint density at radius 1 is 1.29 bits per heavy atom. The van der Waals surface area contributed by atoms with E-state index in [2.05, 4.69) is 4.74 Å². The smallest absolute Gasteiger partial charge is 0.331 e. The summed E-state index contributed by atoms with van der Waals surface area (Å²) in [6.45, 7) is 3.48. The van der Waals surface area contributed by atoms with Crippen LogP contribution in [-0.2, 0) is 28.6 Å². The van der Waals surface area contributed by atoms with E-state index in [1.807, 2.05) is 0 Å². The van der Waals surface area contributed by atoms with Crippen LogP contribution in [0.25, 0.3) is 0 Å². The van der Waals surface area contributed by atoms with Gasteiger partial charge < -0.3 is 14.2 Å². The van der Waals surface area contributed by atoms with Crippen molar-refractivity contribution in [2.75, 3.05) is 19.8 Å². The first-order valence-corrected chi connectivity index (χ1v) is 5.30. The summed E-state index contributed by atoms with van der Waals surface area (Å²) in [6.07, 6.45) is 1.12. The average Bonchev–Trinajstić information content (AvgIpc) is 2.66. The molecule has 1 heterocycles. The quantitative estimate of drug-likeness (QED) is 0.389. The molecule has 0 saturated heterocycles. The van der Waals surface area contributed by atoms with Gasteiger partial charge in [-0.15, -0.1) is 0 Å². The fourth-order valence-electron chi connectivity index (χ4n) is 1.41. The lowest BCUT2D eigenvalue weighted by atomic mass is 10.0. The van der Waals surface area contributed by atoms with Crippen molar-refractivity contribution in [3.8, 4) is 0 Å². The molecule has 0 aliphatic carbocycles. The Morgan fingerprint density at radius 2 is 1.82 bits per heavy atom. The molecular weight excluding hydrogens is 228 g/mol. The zero-order valence-corrected chi connectivity index (χ0v) is 9.73. The van der Waals surface area contributed by atoms with Crippen LogP contribution < -0.4 is 0 Å². The number of esters is 3. The van der Waals surface area contributed by atoms with Crippen molar-refractivity contribution in [2.24, 2.45) is 5.92 Å². The van der Waals surface area contributed by atoms with Gasteiger partial charge in [0.1, 0.15) is 6.61 Å². The van der Waals surface area contributed by atoms with Crippen LogP contribution in [0.1, 0.15) is 13.8 Å². The highest BCUT2D eigenvalue weighted by Crippen LogP contribution is 2.20. The van der Waals surface area contributed by atoms with E-state index in [1.165, 1.54) is 0 Å². The molecule has 0 amide bonds. The van der Waals surface area contributed by atoms with Gasteiger partial charge >= 0.3 is 17.9 Å². The Hall–Kier alpha value is -1.85. The highest BCUT2D eigenvalue weighted by molar-refractivity contribution is 6.00. The number of carbonyl (C=O) groups is 3. The van der Waals surface area contributed by atoms with Gasteiger partial charge in [0.25, 0.3) is 0 Å². The predicted molar refractivity (Wildman–Crippen MR) is 55.8 cm³/mol. The Balaban J connectivity index is 2.86. The molecule has 0 aromatic heterocycles. The molecular formula is C11H14O6. The molecule has 1 aliphatic rings. The molecule has 1 aliphatic heterocycles. The van der Waals surface area contributed by atoms with E-state index in [9.17, 15) is 14.4 Å². The number of ether oxygens (including phenoxy) is 3. The molecule has 17 heavy (non-hydrogen) atoms. The largest absolute Gasteiger partial charge is 0.465 e. The van der Waals surface area contributed by atoms with Gasteiger partial charge in [-0.1, -0.05) is 0 Å². The topological polar surface area (TPSA) is 78.9 Å². The van der Waals surface area contributed by atoms with Crippen molar-refractivity contribution in [2.45, 2.75) is 13.8 Å². The summed E-state index contributed by atoms with van der Waals surface area (Å²) in [5, 5.41) is 0. The molecule has 0 aromatic rings. The van der Waals surface area contributed by atoms with Crippen LogP contribution in [0.15, 0.2) is 11.6 Å². The van der Waals surface area contributed by atoms with Crippen LogP contribution in [0.5, 0.6) is 0 Å². The van der Waals surface area contributed by atoms with Crippen LogP contribution in [-0.4, -0.2) is 37.7 Å². The monoisotopic (exact) mass is 242 g/mol. The van der Waals surface area contributed by atoms with E-state index in [4.69, 9.17) is 9.47 Å². The van der Waals surface area contributed by atoms with Gasteiger partial charge in [0, 0.05) is 6.08 Å². The van der Waals surface area contributed by atoms with Crippen LogP contribution in [0.3, 0.4) is 0 Å². The minimum Gasteiger partial charge on any atom is -0.465 e. The van der Waals surface area contributed by atoms with E-state index in [-0.39, 0.29) is 25.4 Å². The lowest BCUT2D eigenvalue weighted by Crippen LogP contribution is -2.30. The Kier molecular flexibility index (Phi) is 4.68. The number of hydrogen-bond donors (Lipinski definition) is 0. The first kappa shape index (κ1) is 13.2. The highest BCUT2D eigenvalue weighted by Gasteiger charge is 2.36. The van der Waals surface area contributed by atoms with Crippen LogP contribution in [0.2, 0.25) is 0 Å². The summed E-state index contributed by atoms with van der Waals surface area (Å²) in [5.41, 5.74) is 0.270. The molecule has 0 radical (unpaired) electrons. The maximum atomic E-state index is 11.6. The van der Waals surface area contributed by atoms with E-state index in [0.29, 0.717) is 0 Å². The predicted octanol–water partition coefficient (Wildman–Crippen LogP) is 0.212. The molecule has 6 heteroatoms. The molecule has 0 N–H and O–H groups in total. The molecule has 0 spiro atoms. The fraction of sp³-hybridized carbons (Fsp3) is 0.545. The van der Waals surface area contributed by atoms with Crippen molar-refractivity contribution in [1.29, 1.82) is 0 Å². The molecule has 0 atom stereocenters. The molecule has 0 saturated carbocycles. The summed E-state index contributed by atoms with van der Waals surface area (Å²) in [4.78, 5) is 34.2. The summed E-state index contributed by atoms with van der Waals surface area (Å²) < 4.78 is 14.2. The van der Waals surface area contributed by atoms with E-state index < -0.39 is 23.8 Å². The first-order chi connectivity index (χ1) is 8.10. The maximum Gasteiger partial charge on any atom is 0.331 e. The standard InChI is InChI=1S/C11H14O6/c1-3-15-10(13)9(11(14)16-4-2)7-5-8(12)17-6-7/h5,9H,3-4,6H2,1-2H3. The van der Waals surface area contributed by atoms with Gasteiger partial charge in [-0.25, -0.2) is 4.79 Å². The summed E-state index contributed by atoms with van der Waals surface area (Å²) in [5.74, 6) is -3.23. The van der Waals surface area contributed by atoms with Gasteiger partial charge in [0.2, 0.25) is 0 Å². The summed E-state index contributed by atoms with van der Waals surface area (Å²) >= 11 is 0. The molecule has 0 fully saturated rings. The second-order valence-corrected chi connectivity index (χ2v) is 3.26. The van der Waals surface area contributed by atoms with Crippen molar-refractivity contribution in [3.05, 3.63) is 11.6 Å². The third-order valence-electron chi connectivity index (χ3n) is 2.10. The average molecular weight is 242 g/mol. The van der Waals surface area contributed by atoms with E-state index >= 15 is 0 Å². The minimum atomic E-state index is -1.21. The number of rotatable bonds is 5. The zero-order chi connectivity index (χ0) is 12.8. The molecule has 0 aromatic carbocycles. The zero-order valence-electron chi connectivity index (χ0n) is 9.73. The summed E-state index contributed by atoms with van der Waals surface area (Å²) in [6, 6.07) is 0. The van der Waals surface area contributed by atoms with Crippen molar-refractivity contribution in [3.63, 3.8) is 0 Å². The number of cyclic esters (lactones) is 1. The fourth-order valence-corrected chi connectivity index (χ4v) is 1.41. The normalized spacial score (nSPS) is 14.3. The first-order valence-electron chi connectivity index (χ1n) is 5.30. The van der Waals surface area contributed by atoms with Crippen molar-refractivity contribution in [1.82, 2.24) is 0 Å². The minimum absolute atomic E-state index is 0.0822. The molecule has 6 nitrogen and oxygen atoms in total. The molecule has 1 rings (SSSR count). The second kappa shape index (κ2) is 6.03. The van der Waals surface area contributed by atoms with Gasteiger partial charge in [0.05, 0.1) is 13.2 Å². The Bertz CT molecular complexity index is 339. The van der Waals surface area contributed by atoms with Gasteiger partial charge in [-0.3, -0.25) is 9.59 Å². The van der Waals surface area contributed by atoms with Crippen LogP contribution >= 0.6 is 0 Å². The summed E-state index contributed by atoms with van der Waals surface area (Å²) in [7, 11) is 0. The highest BCUT2D eigenvalue weighted by atomic mass is 16.6. The number of carbonyl (C=O) groups excluding carboxylic acids is 3. The van der Waals surface area contributed by atoms with Gasteiger partial charge in [0.15, 0.2) is 5.92 Å². The molecule has 0 unspecified atom stereocenters. The van der Waals surface area contributed by atoms with Crippen molar-refractivity contribution < 1.29 is 28.6 Å². The second-order valence-electron chi connectivity index (χ2n) is 3.26. The molecule has 94 valence electrons. The number of hydrogen-bond acceptors (Lipinski definition) is 6. The Labute approximate surface area is 98.5 Å². The third kappa shape index (κ3) is 3.30. The lowest BCUT2D eigenvalue weighted by molar-refractivity contribution is -0.159. The van der Waals surface area contributed by atoms with Crippen LogP contribution in [0.4, 0.5) is 0 Å². The Morgan fingerprint density at radius 3 is 2.18 bits per heavy atom. The van der Waals surface area contributed by atoms with Gasteiger partial charge in [-0.05, 0) is 19.4 Å². The van der Waals surface area contributed by atoms with Crippen LogP contribution in [0, 0.1) is 5.92 Å². The molecule has 0 bridgehead atoms. The van der Waals surface area contributed by atoms with E-state index in [1.54, 1.807) is 13.8 Å². The van der Waals surface area contributed by atoms with Crippen molar-refractivity contribution >= 4 is 17.9 Å². The maximum absolute atomic E-state index is 11.6.